The summed E-state index contributed by atoms with van der Waals surface area (Å²) in [5.74, 6) is 1.07. The van der Waals surface area contributed by atoms with E-state index in [-0.39, 0.29) is 5.25 Å². The molecule has 1 aromatic carbocycles. The van der Waals surface area contributed by atoms with E-state index in [1.165, 1.54) is 11.5 Å². The summed E-state index contributed by atoms with van der Waals surface area (Å²) in [6, 6.07) is 9.90. The van der Waals surface area contributed by atoms with E-state index in [2.05, 4.69) is 9.36 Å². The Labute approximate surface area is 120 Å². The third kappa shape index (κ3) is 3.61. The van der Waals surface area contributed by atoms with Crippen molar-refractivity contribution < 1.29 is 4.21 Å². The van der Waals surface area contributed by atoms with E-state index >= 15 is 0 Å². The number of hydrogen-bond acceptors (Lipinski definition) is 5. The third-order valence-electron chi connectivity index (χ3n) is 2.77. The molecule has 0 saturated heterocycles. The Hall–Kier alpha value is -1.27. The zero-order valence-corrected chi connectivity index (χ0v) is 12.9. The fourth-order valence-electron chi connectivity index (χ4n) is 1.61. The first kappa shape index (κ1) is 14.1. The van der Waals surface area contributed by atoms with Gasteiger partial charge in [0.1, 0.15) is 0 Å². The van der Waals surface area contributed by atoms with Gasteiger partial charge in [-0.05, 0) is 12.5 Å². The standard InChI is InChI=1S/C13H17N3OS2/c1-10(11-7-5-4-6-8-11)19(17)9-12-14-13(16(2)3)18-15-12/h4-8,10H,9H2,1-3H3/t10-,19-/m0/s1. The number of hydrogen-bond donors (Lipinski definition) is 0. The summed E-state index contributed by atoms with van der Waals surface area (Å²) in [5.41, 5.74) is 1.09. The molecular formula is C13H17N3OS2. The number of anilines is 1. The maximum Gasteiger partial charge on any atom is 0.204 e. The first-order valence-electron chi connectivity index (χ1n) is 6.00. The van der Waals surface area contributed by atoms with E-state index in [4.69, 9.17) is 0 Å². The second kappa shape index (κ2) is 6.25. The van der Waals surface area contributed by atoms with E-state index < -0.39 is 10.8 Å². The molecule has 0 spiro atoms. The lowest BCUT2D eigenvalue weighted by Crippen LogP contribution is -2.09. The van der Waals surface area contributed by atoms with Crippen molar-refractivity contribution in [3.8, 4) is 0 Å². The Bertz CT molecular complexity index is 554. The van der Waals surface area contributed by atoms with Crippen molar-refractivity contribution in [1.29, 1.82) is 0 Å². The van der Waals surface area contributed by atoms with Gasteiger partial charge in [-0.15, -0.1) is 0 Å². The lowest BCUT2D eigenvalue weighted by atomic mass is 10.2. The average Bonchev–Trinajstić information content (AvgIpc) is 2.87. The minimum absolute atomic E-state index is 0.00694. The van der Waals surface area contributed by atoms with Crippen LogP contribution in [0.4, 0.5) is 5.13 Å². The van der Waals surface area contributed by atoms with Gasteiger partial charge in [-0.25, -0.2) is 4.98 Å². The van der Waals surface area contributed by atoms with Gasteiger partial charge >= 0.3 is 0 Å². The van der Waals surface area contributed by atoms with Crippen LogP contribution in [0.2, 0.25) is 0 Å². The van der Waals surface area contributed by atoms with E-state index in [0.717, 1.165) is 10.7 Å². The molecule has 0 aliphatic carbocycles. The lowest BCUT2D eigenvalue weighted by molar-refractivity contribution is 0.674. The Kier molecular flexibility index (Phi) is 4.66. The summed E-state index contributed by atoms with van der Waals surface area (Å²) in [4.78, 5) is 6.27. The van der Waals surface area contributed by atoms with Crippen LogP contribution in [0.3, 0.4) is 0 Å². The van der Waals surface area contributed by atoms with Gasteiger partial charge in [0.15, 0.2) is 5.82 Å². The second-order valence-corrected chi connectivity index (χ2v) is 6.95. The highest BCUT2D eigenvalue weighted by Gasteiger charge is 2.16. The molecule has 19 heavy (non-hydrogen) atoms. The molecule has 0 saturated carbocycles. The van der Waals surface area contributed by atoms with Crippen molar-refractivity contribution in [1.82, 2.24) is 9.36 Å². The summed E-state index contributed by atoms with van der Waals surface area (Å²) in [6.45, 7) is 1.98. The maximum absolute atomic E-state index is 12.3. The van der Waals surface area contributed by atoms with Crippen LogP contribution < -0.4 is 4.90 Å². The average molecular weight is 295 g/mol. The summed E-state index contributed by atoms with van der Waals surface area (Å²) >= 11 is 1.34. The van der Waals surface area contributed by atoms with Crippen LogP contribution in [0.15, 0.2) is 30.3 Å². The zero-order chi connectivity index (χ0) is 13.8. The van der Waals surface area contributed by atoms with Crippen molar-refractivity contribution in [3.05, 3.63) is 41.7 Å². The molecular weight excluding hydrogens is 278 g/mol. The van der Waals surface area contributed by atoms with Crippen molar-refractivity contribution in [3.63, 3.8) is 0 Å². The second-order valence-electron chi connectivity index (χ2n) is 4.47. The SMILES string of the molecule is C[C@@H](c1ccccc1)[S@@](=O)Cc1nsc(N(C)C)n1. The number of aromatic nitrogens is 2. The predicted molar refractivity (Wildman–Crippen MR) is 80.9 cm³/mol. The van der Waals surface area contributed by atoms with Gasteiger partial charge in [-0.3, -0.25) is 4.21 Å². The fraction of sp³-hybridized carbons (Fsp3) is 0.385. The molecule has 102 valence electrons. The van der Waals surface area contributed by atoms with Gasteiger partial charge in [-0.2, -0.15) is 4.37 Å². The molecule has 6 heteroatoms. The quantitative estimate of drug-likeness (QED) is 0.850. The first-order valence-corrected chi connectivity index (χ1v) is 8.15. The van der Waals surface area contributed by atoms with Crippen molar-refractivity contribution >= 4 is 27.5 Å². The molecule has 0 bridgehead atoms. The van der Waals surface area contributed by atoms with Crippen LogP contribution in [0.1, 0.15) is 23.6 Å². The van der Waals surface area contributed by atoms with Gasteiger partial charge in [0.25, 0.3) is 0 Å². The van der Waals surface area contributed by atoms with Gasteiger partial charge in [0.05, 0.1) is 11.0 Å². The monoisotopic (exact) mass is 295 g/mol. The molecule has 0 radical (unpaired) electrons. The van der Waals surface area contributed by atoms with Crippen LogP contribution in [0.25, 0.3) is 0 Å². The van der Waals surface area contributed by atoms with Crippen LogP contribution >= 0.6 is 11.5 Å². The van der Waals surface area contributed by atoms with Crippen LogP contribution in [-0.4, -0.2) is 27.7 Å². The van der Waals surface area contributed by atoms with E-state index in [9.17, 15) is 4.21 Å². The summed E-state index contributed by atoms with van der Waals surface area (Å²) in [7, 11) is 2.85. The molecule has 2 atom stereocenters. The van der Waals surface area contributed by atoms with Crippen LogP contribution in [0, 0.1) is 0 Å². The maximum atomic E-state index is 12.3. The van der Waals surface area contributed by atoms with E-state index in [1.807, 2.05) is 56.3 Å². The first-order chi connectivity index (χ1) is 9.08. The minimum atomic E-state index is -1.00. The van der Waals surface area contributed by atoms with Crippen LogP contribution in [0.5, 0.6) is 0 Å². The highest BCUT2D eigenvalue weighted by atomic mass is 32.2. The van der Waals surface area contributed by atoms with E-state index in [1.54, 1.807) is 0 Å². The molecule has 0 unspecified atom stereocenters. The van der Waals surface area contributed by atoms with Gasteiger partial charge in [0.2, 0.25) is 5.13 Å². The number of rotatable bonds is 5. The minimum Gasteiger partial charge on any atom is -0.353 e. The Morgan fingerprint density at radius 3 is 2.58 bits per heavy atom. The molecule has 0 N–H and O–H groups in total. The normalized spacial score (nSPS) is 14.1. The summed E-state index contributed by atoms with van der Waals surface area (Å²) in [6.07, 6.45) is 0. The molecule has 4 nitrogen and oxygen atoms in total. The Morgan fingerprint density at radius 1 is 1.32 bits per heavy atom. The zero-order valence-electron chi connectivity index (χ0n) is 11.2. The highest BCUT2D eigenvalue weighted by Crippen LogP contribution is 2.22. The molecule has 0 aliphatic rings. The number of benzene rings is 1. The van der Waals surface area contributed by atoms with Gasteiger partial charge in [0, 0.05) is 36.4 Å². The largest absolute Gasteiger partial charge is 0.353 e. The summed E-state index contributed by atoms with van der Waals surface area (Å²) in [5, 5.41) is 0.840. The van der Waals surface area contributed by atoms with Gasteiger partial charge < -0.3 is 4.90 Å². The molecule has 1 aromatic heterocycles. The Balaban J connectivity index is 2.04. The van der Waals surface area contributed by atoms with Gasteiger partial charge in [-0.1, -0.05) is 30.3 Å². The van der Waals surface area contributed by atoms with Crippen molar-refractivity contribution in [2.45, 2.75) is 17.9 Å². The number of nitrogens with zero attached hydrogens (tertiary/aromatic N) is 3. The molecule has 0 aliphatic heterocycles. The smallest absolute Gasteiger partial charge is 0.204 e. The predicted octanol–water partition coefficient (Wildman–Crippen LogP) is 2.61. The lowest BCUT2D eigenvalue weighted by Gasteiger charge is -2.10. The Morgan fingerprint density at radius 2 is 2.00 bits per heavy atom. The molecule has 0 amide bonds. The molecule has 2 aromatic rings. The molecule has 1 heterocycles. The fourth-order valence-corrected chi connectivity index (χ4v) is 3.39. The molecule has 0 fully saturated rings. The van der Waals surface area contributed by atoms with Crippen molar-refractivity contribution in [2.75, 3.05) is 19.0 Å². The van der Waals surface area contributed by atoms with Crippen molar-refractivity contribution in [2.24, 2.45) is 0 Å². The topological polar surface area (TPSA) is 46.1 Å². The molecule has 2 rings (SSSR count). The highest BCUT2D eigenvalue weighted by molar-refractivity contribution is 7.84. The third-order valence-corrected chi connectivity index (χ3v) is 5.30. The summed E-state index contributed by atoms with van der Waals surface area (Å²) < 4.78 is 16.6. The van der Waals surface area contributed by atoms with E-state index in [0.29, 0.717) is 11.6 Å². The van der Waals surface area contributed by atoms with Crippen LogP contribution in [-0.2, 0) is 16.6 Å².